The highest BCUT2D eigenvalue weighted by atomic mass is 127. The Morgan fingerprint density at radius 2 is 1.85 bits per heavy atom. The summed E-state index contributed by atoms with van der Waals surface area (Å²) < 4.78 is 1.97. The van der Waals surface area contributed by atoms with E-state index in [9.17, 15) is 0 Å². The van der Waals surface area contributed by atoms with Gasteiger partial charge in [0.15, 0.2) is 0 Å². The molecule has 0 N–H and O–H groups in total. The smallest absolute Gasteiger partial charge is 0.0991 e. The molecule has 0 bridgehead atoms. The molecule has 0 aliphatic carbocycles. The molecular weight excluding hydrogens is 275 g/mol. The van der Waals surface area contributed by atoms with Crippen LogP contribution in [0.15, 0.2) is 49.1 Å². The third-order valence-electron chi connectivity index (χ3n) is 1.56. The third kappa shape index (κ3) is 2.84. The molecule has 68 valence electrons. The predicted octanol–water partition coefficient (Wildman–Crippen LogP) is 2.92. The van der Waals surface area contributed by atoms with Crippen molar-refractivity contribution in [1.29, 1.82) is 0 Å². The van der Waals surface area contributed by atoms with Gasteiger partial charge in [0.1, 0.15) is 0 Å². The van der Waals surface area contributed by atoms with Crippen LogP contribution >= 0.6 is 22.6 Å². The highest BCUT2D eigenvalue weighted by Crippen LogP contribution is 2.04. The van der Waals surface area contributed by atoms with Crippen LogP contribution in [0.4, 0.5) is 0 Å². The van der Waals surface area contributed by atoms with Gasteiger partial charge in [-0.2, -0.15) is 0 Å². The average Bonchev–Trinajstić information content (AvgIpc) is 2.75. The maximum Gasteiger partial charge on any atom is 0.0991 e. The lowest BCUT2D eigenvalue weighted by molar-refractivity contribution is 1.06. The molecule has 1 aromatic carbocycles. The molecular formula is C10H11IN2. The van der Waals surface area contributed by atoms with Gasteiger partial charge < -0.3 is 4.57 Å². The molecule has 1 aromatic heterocycles. The molecule has 0 unspecified atom stereocenters. The van der Waals surface area contributed by atoms with E-state index in [4.69, 9.17) is 0 Å². The first-order valence-corrected chi connectivity index (χ1v) is 6.04. The standard InChI is InChI=1S/C9H8N2.CH3I/c1-2-4-9(5-3-1)11-7-6-10-8-11;1-2/h1-8H;1H3. The van der Waals surface area contributed by atoms with Crippen LogP contribution in [0.5, 0.6) is 0 Å². The highest BCUT2D eigenvalue weighted by Gasteiger charge is 1.89. The monoisotopic (exact) mass is 286 g/mol. The maximum atomic E-state index is 3.96. The molecule has 1 heterocycles. The zero-order valence-corrected chi connectivity index (χ0v) is 9.55. The van der Waals surface area contributed by atoms with Gasteiger partial charge in [-0.25, -0.2) is 4.98 Å². The topological polar surface area (TPSA) is 17.8 Å². The first-order valence-electron chi connectivity index (χ1n) is 3.88. The molecule has 2 aromatic rings. The van der Waals surface area contributed by atoms with E-state index in [0.29, 0.717) is 0 Å². The molecule has 2 nitrogen and oxygen atoms in total. The second-order valence-corrected chi connectivity index (χ2v) is 2.31. The Hall–Kier alpha value is -0.840. The van der Waals surface area contributed by atoms with Gasteiger partial charge in [-0.3, -0.25) is 0 Å². The Morgan fingerprint density at radius 3 is 2.38 bits per heavy atom. The van der Waals surface area contributed by atoms with E-state index in [1.165, 1.54) is 0 Å². The number of imidazole rings is 1. The summed E-state index contributed by atoms with van der Waals surface area (Å²) in [6.07, 6.45) is 5.48. The fraction of sp³-hybridized carbons (Fsp3) is 0.100. The lowest BCUT2D eigenvalue weighted by atomic mass is 10.3. The molecule has 0 saturated heterocycles. The number of aromatic nitrogens is 2. The number of nitrogens with zero attached hydrogens (tertiary/aromatic N) is 2. The van der Waals surface area contributed by atoms with Crippen molar-refractivity contribution in [2.75, 3.05) is 4.93 Å². The number of alkyl halides is 1. The van der Waals surface area contributed by atoms with Crippen molar-refractivity contribution in [2.45, 2.75) is 0 Å². The Kier molecular flexibility index (Phi) is 4.53. The Balaban J connectivity index is 0.000000396. The molecule has 2 rings (SSSR count). The molecule has 0 spiro atoms. The minimum Gasteiger partial charge on any atom is -0.306 e. The summed E-state index contributed by atoms with van der Waals surface area (Å²) in [5, 5.41) is 0. The summed E-state index contributed by atoms with van der Waals surface area (Å²) in [5.74, 6) is 0. The van der Waals surface area contributed by atoms with E-state index >= 15 is 0 Å². The zero-order valence-electron chi connectivity index (χ0n) is 7.39. The van der Waals surface area contributed by atoms with E-state index in [1.54, 1.807) is 12.5 Å². The van der Waals surface area contributed by atoms with Crippen LogP contribution in [0.25, 0.3) is 5.69 Å². The average molecular weight is 286 g/mol. The van der Waals surface area contributed by atoms with Gasteiger partial charge in [0, 0.05) is 18.1 Å². The molecule has 0 saturated carbocycles. The van der Waals surface area contributed by atoms with E-state index in [0.717, 1.165) is 5.69 Å². The summed E-state index contributed by atoms with van der Waals surface area (Å²) in [6.45, 7) is 0. The Labute approximate surface area is 91.8 Å². The summed E-state index contributed by atoms with van der Waals surface area (Å²) in [6, 6.07) is 10.1. The van der Waals surface area contributed by atoms with Crippen molar-refractivity contribution < 1.29 is 0 Å². The normalized spacial score (nSPS) is 8.77. The molecule has 0 aliphatic rings. The predicted molar refractivity (Wildman–Crippen MR) is 63.5 cm³/mol. The number of para-hydroxylation sites is 1. The zero-order chi connectivity index (χ0) is 9.52. The van der Waals surface area contributed by atoms with Crippen molar-refractivity contribution in [1.82, 2.24) is 9.55 Å². The fourth-order valence-electron chi connectivity index (χ4n) is 1.01. The third-order valence-corrected chi connectivity index (χ3v) is 1.56. The fourth-order valence-corrected chi connectivity index (χ4v) is 1.01. The Morgan fingerprint density at radius 1 is 1.15 bits per heavy atom. The molecule has 3 heteroatoms. The van der Waals surface area contributed by atoms with Crippen molar-refractivity contribution in [3.05, 3.63) is 49.1 Å². The highest BCUT2D eigenvalue weighted by molar-refractivity contribution is 14.1. The SMILES string of the molecule is CI.c1ccc(-n2ccnc2)cc1. The van der Waals surface area contributed by atoms with Crippen LogP contribution in [0.2, 0.25) is 0 Å². The maximum absolute atomic E-state index is 3.96. The number of hydrogen-bond acceptors (Lipinski definition) is 1. The first-order chi connectivity index (χ1) is 6.47. The molecule has 0 atom stereocenters. The van der Waals surface area contributed by atoms with Gasteiger partial charge in [-0.15, -0.1) is 0 Å². The number of hydrogen-bond donors (Lipinski definition) is 0. The van der Waals surface area contributed by atoms with Crippen molar-refractivity contribution in [3.8, 4) is 5.69 Å². The van der Waals surface area contributed by atoms with E-state index < -0.39 is 0 Å². The van der Waals surface area contributed by atoms with Gasteiger partial charge in [0.25, 0.3) is 0 Å². The lowest BCUT2D eigenvalue weighted by Crippen LogP contribution is -1.87. The van der Waals surface area contributed by atoms with Crippen LogP contribution < -0.4 is 0 Å². The van der Waals surface area contributed by atoms with Gasteiger partial charge in [-0.05, 0) is 17.1 Å². The van der Waals surface area contributed by atoms with Crippen molar-refractivity contribution in [2.24, 2.45) is 0 Å². The summed E-state index contributed by atoms with van der Waals surface area (Å²) in [5.41, 5.74) is 1.14. The summed E-state index contributed by atoms with van der Waals surface area (Å²) in [4.78, 5) is 5.93. The van der Waals surface area contributed by atoms with Crippen molar-refractivity contribution in [3.63, 3.8) is 0 Å². The second kappa shape index (κ2) is 5.75. The summed E-state index contributed by atoms with van der Waals surface area (Å²) >= 11 is 2.15. The van der Waals surface area contributed by atoms with E-state index in [2.05, 4.69) is 27.6 Å². The minimum absolute atomic E-state index is 1.14. The van der Waals surface area contributed by atoms with Gasteiger partial charge >= 0.3 is 0 Å². The van der Waals surface area contributed by atoms with E-state index in [1.807, 2.05) is 46.0 Å². The van der Waals surface area contributed by atoms with Crippen LogP contribution in [-0.2, 0) is 0 Å². The quantitative estimate of drug-likeness (QED) is 0.582. The molecule has 13 heavy (non-hydrogen) atoms. The number of rotatable bonds is 1. The van der Waals surface area contributed by atoms with E-state index in [-0.39, 0.29) is 0 Å². The second-order valence-electron chi connectivity index (χ2n) is 2.31. The Bertz CT molecular complexity index is 316. The van der Waals surface area contributed by atoms with Gasteiger partial charge in [0.05, 0.1) is 6.33 Å². The number of halogens is 1. The first kappa shape index (κ1) is 10.2. The van der Waals surface area contributed by atoms with Crippen molar-refractivity contribution >= 4 is 22.6 Å². The van der Waals surface area contributed by atoms with Gasteiger partial charge in [-0.1, -0.05) is 40.8 Å². The largest absolute Gasteiger partial charge is 0.306 e. The van der Waals surface area contributed by atoms with Crippen LogP contribution in [0.1, 0.15) is 0 Å². The van der Waals surface area contributed by atoms with Crippen LogP contribution in [-0.4, -0.2) is 14.5 Å². The minimum atomic E-state index is 1.14. The van der Waals surface area contributed by atoms with Gasteiger partial charge in [0.2, 0.25) is 0 Å². The van der Waals surface area contributed by atoms with Crippen LogP contribution in [0, 0.1) is 0 Å². The number of benzene rings is 1. The summed E-state index contributed by atoms with van der Waals surface area (Å²) in [7, 11) is 0. The molecule has 0 aliphatic heterocycles. The van der Waals surface area contributed by atoms with Crippen LogP contribution in [0.3, 0.4) is 0 Å². The molecule has 0 radical (unpaired) electrons. The molecule has 0 amide bonds. The molecule has 0 fully saturated rings. The lowest BCUT2D eigenvalue weighted by Gasteiger charge is -1.98.